The van der Waals surface area contributed by atoms with Crippen LogP contribution in [-0.4, -0.2) is 29.9 Å². The third-order valence-corrected chi connectivity index (χ3v) is 5.73. The Bertz CT molecular complexity index is 1400. The summed E-state index contributed by atoms with van der Waals surface area (Å²) >= 11 is 3.30. The summed E-state index contributed by atoms with van der Waals surface area (Å²) in [6.45, 7) is 0.0592. The minimum absolute atomic E-state index is 0.0453. The van der Waals surface area contributed by atoms with Crippen molar-refractivity contribution in [2.75, 3.05) is 12.0 Å². The van der Waals surface area contributed by atoms with Gasteiger partial charge in [-0.05, 0) is 53.6 Å². The largest absolute Gasteiger partial charge is 0.493 e. The van der Waals surface area contributed by atoms with E-state index >= 15 is 0 Å². The molecule has 1 aliphatic heterocycles. The number of halogens is 1. The second kappa shape index (κ2) is 10.4. The number of ether oxygens (including phenoxy) is 2. The van der Waals surface area contributed by atoms with E-state index in [1.807, 2.05) is 0 Å². The number of nitrogens with one attached hydrogen (secondary N) is 1. The van der Waals surface area contributed by atoms with E-state index in [2.05, 4.69) is 21.2 Å². The van der Waals surface area contributed by atoms with Crippen molar-refractivity contribution in [3.63, 3.8) is 0 Å². The number of imide groups is 2. The molecule has 0 aromatic heterocycles. The summed E-state index contributed by atoms with van der Waals surface area (Å²) in [6, 6.07) is 16.5. The lowest BCUT2D eigenvalue weighted by Gasteiger charge is -2.26. The van der Waals surface area contributed by atoms with E-state index in [4.69, 9.17) is 9.47 Å². The van der Waals surface area contributed by atoms with Gasteiger partial charge in [-0.3, -0.25) is 25.0 Å². The third-order valence-electron chi connectivity index (χ3n) is 5.20. The molecule has 0 bridgehead atoms. The number of non-ortho nitro benzene ring substituents is 1. The van der Waals surface area contributed by atoms with Gasteiger partial charge in [0.15, 0.2) is 11.5 Å². The first kappa shape index (κ1) is 24.6. The van der Waals surface area contributed by atoms with Gasteiger partial charge in [0, 0.05) is 16.6 Å². The fourth-order valence-electron chi connectivity index (χ4n) is 3.46. The number of carbonyl (C=O) groups is 3. The molecule has 0 atom stereocenters. The smallest absolute Gasteiger partial charge is 0.335 e. The van der Waals surface area contributed by atoms with Crippen LogP contribution in [0.2, 0.25) is 0 Å². The first-order valence-corrected chi connectivity index (χ1v) is 11.3. The SMILES string of the molecule is COc1cc(/C=C2\C(=O)NC(=O)N(c3ccc(Br)cc3)C2=O)ccc1OCc1cccc([N+](=O)[O-])c1. The van der Waals surface area contributed by atoms with Gasteiger partial charge in [0.25, 0.3) is 17.5 Å². The number of rotatable bonds is 7. The standard InChI is InChI=1S/C25H18BrN3O7/c1-35-22-13-15(5-10-21(22)36-14-16-3-2-4-19(11-16)29(33)34)12-20-23(30)27-25(32)28(24(20)31)18-8-6-17(26)7-9-18/h2-13H,14H2,1H3,(H,27,30,32)/b20-12+. The summed E-state index contributed by atoms with van der Waals surface area (Å²) in [5, 5.41) is 13.1. The Kier molecular flexibility index (Phi) is 7.11. The number of anilines is 1. The zero-order valence-corrected chi connectivity index (χ0v) is 20.4. The Morgan fingerprint density at radius 2 is 1.78 bits per heavy atom. The van der Waals surface area contributed by atoms with Crippen molar-refractivity contribution in [3.8, 4) is 11.5 Å². The molecule has 36 heavy (non-hydrogen) atoms. The number of nitro benzene ring substituents is 1. The van der Waals surface area contributed by atoms with Gasteiger partial charge in [0.1, 0.15) is 12.2 Å². The molecule has 0 unspecified atom stereocenters. The molecule has 0 spiro atoms. The van der Waals surface area contributed by atoms with Crippen molar-refractivity contribution >= 4 is 51.2 Å². The monoisotopic (exact) mass is 551 g/mol. The van der Waals surface area contributed by atoms with E-state index in [1.54, 1.807) is 54.6 Å². The molecule has 0 saturated carbocycles. The minimum Gasteiger partial charge on any atom is -0.493 e. The molecule has 0 radical (unpaired) electrons. The van der Waals surface area contributed by atoms with Crippen LogP contribution in [0.5, 0.6) is 11.5 Å². The molecule has 1 heterocycles. The van der Waals surface area contributed by atoms with Crippen molar-refractivity contribution in [1.82, 2.24) is 5.32 Å². The third kappa shape index (κ3) is 5.26. The van der Waals surface area contributed by atoms with Crippen LogP contribution < -0.4 is 19.7 Å². The van der Waals surface area contributed by atoms with Crippen molar-refractivity contribution in [2.24, 2.45) is 0 Å². The molecule has 182 valence electrons. The van der Waals surface area contributed by atoms with E-state index in [0.29, 0.717) is 28.3 Å². The summed E-state index contributed by atoms with van der Waals surface area (Å²) in [5.74, 6) is -0.907. The van der Waals surface area contributed by atoms with Crippen molar-refractivity contribution < 1.29 is 28.8 Å². The summed E-state index contributed by atoms with van der Waals surface area (Å²) in [7, 11) is 1.43. The molecule has 3 aromatic rings. The molecule has 11 heteroatoms. The number of amides is 4. The lowest BCUT2D eigenvalue weighted by atomic mass is 10.1. The first-order chi connectivity index (χ1) is 17.3. The van der Waals surface area contributed by atoms with E-state index in [-0.39, 0.29) is 17.9 Å². The van der Waals surface area contributed by atoms with Crippen LogP contribution in [0.15, 0.2) is 76.8 Å². The Hall–Kier alpha value is -4.51. The molecule has 10 nitrogen and oxygen atoms in total. The number of barbiturate groups is 1. The number of urea groups is 1. The average Bonchev–Trinajstić information content (AvgIpc) is 2.86. The van der Waals surface area contributed by atoms with Crippen LogP contribution in [0.4, 0.5) is 16.2 Å². The zero-order valence-electron chi connectivity index (χ0n) is 18.8. The molecule has 1 saturated heterocycles. The zero-order chi connectivity index (χ0) is 25.8. The van der Waals surface area contributed by atoms with Gasteiger partial charge in [-0.2, -0.15) is 0 Å². The van der Waals surface area contributed by atoms with E-state index < -0.39 is 22.8 Å². The van der Waals surface area contributed by atoms with Crippen LogP contribution >= 0.6 is 15.9 Å². The van der Waals surface area contributed by atoms with Gasteiger partial charge in [0.05, 0.1) is 17.7 Å². The Morgan fingerprint density at radius 3 is 2.47 bits per heavy atom. The Labute approximate surface area is 213 Å². The highest BCUT2D eigenvalue weighted by Crippen LogP contribution is 2.31. The maximum absolute atomic E-state index is 13.1. The predicted octanol–water partition coefficient (Wildman–Crippen LogP) is 4.61. The lowest BCUT2D eigenvalue weighted by molar-refractivity contribution is -0.384. The second-order valence-electron chi connectivity index (χ2n) is 7.56. The van der Waals surface area contributed by atoms with E-state index in [1.165, 1.54) is 25.3 Å². The topological polar surface area (TPSA) is 128 Å². The second-order valence-corrected chi connectivity index (χ2v) is 8.48. The van der Waals surface area contributed by atoms with Gasteiger partial charge >= 0.3 is 6.03 Å². The molecule has 1 fully saturated rings. The van der Waals surface area contributed by atoms with Crippen LogP contribution in [0.25, 0.3) is 6.08 Å². The van der Waals surface area contributed by atoms with Crippen LogP contribution in [0.1, 0.15) is 11.1 Å². The first-order valence-electron chi connectivity index (χ1n) is 10.5. The number of nitro groups is 1. The summed E-state index contributed by atoms with van der Waals surface area (Å²) in [6.07, 6.45) is 1.35. The average molecular weight is 552 g/mol. The van der Waals surface area contributed by atoms with Crippen molar-refractivity contribution in [1.29, 1.82) is 0 Å². The fourth-order valence-corrected chi connectivity index (χ4v) is 3.73. The van der Waals surface area contributed by atoms with E-state index in [0.717, 1.165) is 9.37 Å². The maximum Gasteiger partial charge on any atom is 0.335 e. The minimum atomic E-state index is -0.841. The van der Waals surface area contributed by atoms with Gasteiger partial charge in [0.2, 0.25) is 0 Å². The number of hydrogen-bond acceptors (Lipinski definition) is 7. The summed E-state index contributed by atoms with van der Waals surface area (Å²) < 4.78 is 11.9. The van der Waals surface area contributed by atoms with Gasteiger partial charge in [-0.15, -0.1) is 0 Å². The molecule has 1 aliphatic rings. The summed E-state index contributed by atoms with van der Waals surface area (Å²) in [4.78, 5) is 49.2. The number of benzene rings is 3. The van der Waals surface area contributed by atoms with Crippen molar-refractivity contribution in [3.05, 3.63) is 98.0 Å². The molecular weight excluding hydrogens is 534 g/mol. The number of methoxy groups -OCH3 is 1. The van der Waals surface area contributed by atoms with Gasteiger partial charge in [-0.1, -0.05) is 34.1 Å². The van der Waals surface area contributed by atoms with Crippen molar-refractivity contribution in [2.45, 2.75) is 6.61 Å². The normalized spacial score (nSPS) is 14.6. The van der Waals surface area contributed by atoms with Crippen LogP contribution in [0.3, 0.4) is 0 Å². The highest BCUT2D eigenvalue weighted by atomic mass is 79.9. The predicted molar refractivity (Wildman–Crippen MR) is 134 cm³/mol. The molecule has 0 aliphatic carbocycles. The van der Waals surface area contributed by atoms with Gasteiger partial charge in [-0.25, -0.2) is 9.69 Å². The molecular formula is C25H18BrN3O7. The van der Waals surface area contributed by atoms with Gasteiger partial charge < -0.3 is 9.47 Å². The van der Waals surface area contributed by atoms with E-state index in [9.17, 15) is 24.5 Å². The Balaban J connectivity index is 1.57. The summed E-state index contributed by atoms with van der Waals surface area (Å²) in [5.41, 5.74) is 1.08. The molecule has 4 rings (SSSR count). The molecule has 1 N–H and O–H groups in total. The van der Waals surface area contributed by atoms with Crippen LogP contribution in [-0.2, 0) is 16.2 Å². The fraction of sp³-hybridized carbons (Fsp3) is 0.0800. The highest BCUT2D eigenvalue weighted by Gasteiger charge is 2.36. The highest BCUT2D eigenvalue weighted by molar-refractivity contribution is 9.10. The molecule has 3 aromatic carbocycles. The Morgan fingerprint density at radius 1 is 1.03 bits per heavy atom. The number of hydrogen-bond donors (Lipinski definition) is 1. The molecule has 4 amide bonds. The quantitative estimate of drug-likeness (QED) is 0.196. The number of nitrogens with zero attached hydrogens (tertiary/aromatic N) is 2. The van der Waals surface area contributed by atoms with Crippen LogP contribution in [0, 0.1) is 10.1 Å². The maximum atomic E-state index is 13.1. The number of carbonyl (C=O) groups excluding carboxylic acids is 3. The lowest BCUT2D eigenvalue weighted by Crippen LogP contribution is -2.54.